The van der Waals surface area contributed by atoms with Crippen molar-refractivity contribution in [3.8, 4) is 5.75 Å². The molecular formula is C24H24N2O4S2. The summed E-state index contributed by atoms with van der Waals surface area (Å²) in [5, 5.41) is 1.92. The van der Waals surface area contributed by atoms with Crippen LogP contribution in [0, 0.1) is 0 Å². The number of hydrogen-bond acceptors (Lipinski definition) is 5. The van der Waals surface area contributed by atoms with Gasteiger partial charge in [0, 0.05) is 18.8 Å². The predicted molar refractivity (Wildman–Crippen MR) is 128 cm³/mol. The fourth-order valence-corrected chi connectivity index (χ4v) is 7.39. The Kier molecular flexibility index (Phi) is 5.39. The van der Waals surface area contributed by atoms with Gasteiger partial charge in [-0.25, -0.2) is 8.42 Å². The molecule has 1 spiro atoms. The van der Waals surface area contributed by atoms with Crippen LogP contribution in [-0.2, 0) is 14.8 Å². The van der Waals surface area contributed by atoms with Gasteiger partial charge in [-0.1, -0.05) is 30.3 Å². The highest BCUT2D eigenvalue weighted by Crippen LogP contribution is 2.47. The van der Waals surface area contributed by atoms with Gasteiger partial charge in [-0.05, 0) is 60.0 Å². The zero-order valence-electron chi connectivity index (χ0n) is 17.7. The maximum Gasteiger partial charge on any atom is 0.243 e. The molecule has 1 amide bonds. The first-order valence-electron chi connectivity index (χ1n) is 10.5. The predicted octanol–water partition coefficient (Wildman–Crippen LogP) is 4.11. The van der Waals surface area contributed by atoms with Crippen molar-refractivity contribution in [2.24, 2.45) is 0 Å². The van der Waals surface area contributed by atoms with Crippen LogP contribution >= 0.6 is 11.8 Å². The topological polar surface area (TPSA) is 66.9 Å². The summed E-state index contributed by atoms with van der Waals surface area (Å²) in [6, 6.07) is 20.5. The van der Waals surface area contributed by atoms with Gasteiger partial charge in [0.2, 0.25) is 15.9 Å². The van der Waals surface area contributed by atoms with E-state index in [0.29, 0.717) is 36.6 Å². The number of carbonyl (C=O) groups is 1. The number of fused-ring (bicyclic) bond motifs is 1. The van der Waals surface area contributed by atoms with Crippen molar-refractivity contribution < 1.29 is 17.9 Å². The maximum absolute atomic E-state index is 13.3. The lowest BCUT2D eigenvalue weighted by atomic mass is 10.0. The van der Waals surface area contributed by atoms with E-state index in [9.17, 15) is 13.2 Å². The third kappa shape index (κ3) is 3.56. The van der Waals surface area contributed by atoms with E-state index in [-0.39, 0.29) is 5.91 Å². The fourth-order valence-electron chi connectivity index (χ4n) is 4.58. The van der Waals surface area contributed by atoms with Crippen LogP contribution in [0.4, 0.5) is 5.69 Å². The minimum absolute atomic E-state index is 0.0611. The molecule has 0 radical (unpaired) electrons. The first-order valence-corrected chi connectivity index (χ1v) is 13.0. The normalized spacial score (nSPS) is 19.0. The average molecular weight is 469 g/mol. The van der Waals surface area contributed by atoms with Crippen LogP contribution in [0.15, 0.2) is 71.6 Å². The molecule has 2 saturated heterocycles. The number of amides is 1. The van der Waals surface area contributed by atoms with Crippen molar-refractivity contribution in [1.82, 2.24) is 4.31 Å². The Labute approximate surface area is 192 Å². The van der Waals surface area contributed by atoms with Gasteiger partial charge < -0.3 is 4.74 Å². The second-order valence-corrected chi connectivity index (χ2v) is 11.4. The monoisotopic (exact) mass is 468 g/mol. The van der Waals surface area contributed by atoms with Gasteiger partial charge in [-0.3, -0.25) is 9.69 Å². The van der Waals surface area contributed by atoms with Crippen LogP contribution in [0.2, 0.25) is 0 Å². The Morgan fingerprint density at radius 2 is 1.62 bits per heavy atom. The van der Waals surface area contributed by atoms with Crippen molar-refractivity contribution in [2.45, 2.75) is 22.6 Å². The zero-order chi connectivity index (χ0) is 22.3. The molecule has 0 N–H and O–H groups in total. The number of hydrogen-bond donors (Lipinski definition) is 0. The lowest BCUT2D eigenvalue weighted by Crippen LogP contribution is -2.53. The quantitative estimate of drug-likeness (QED) is 0.577. The van der Waals surface area contributed by atoms with E-state index in [4.69, 9.17) is 4.74 Å². The molecule has 0 bridgehead atoms. The molecule has 6 nitrogen and oxygen atoms in total. The standard InChI is InChI=1S/C24H24N2O4S2/c1-30-21-9-7-20(8-10-21)26-23(27)17-31-24(26)12-14-25(15-13-24)32(28,29)22-11-6-18-4-2-3-5-19(18)16-22/h2-11,16H,12-15,17H2,1H3. The average Bonchev–Trinajstić information content (AvgIpc) is 3.14. The molecule has 0 aliphatic carbocycles. The number of piperidine rings is 1. The van der Waals surface area contributed by atoms with Crippen LogP contribution in [0.5, 0.6) is 5.75 Å². The lowest BCUT2D eigenvalue weighted by Gasteiger charge is -2.43. The summed E-state index contributed by atoms with van der Waals surface area (Å²) in [7, 11) is -1.99. The second kappa shape index (κ2) is 8.10. The number of methoxy groups -OCH3 is 1. The molecule has 2 fully saturated rings. The molecule has 166 valence electrons. The molecule has 32 heavy (non-hydrogen) atoms. The van der Waals surface area contributed by atoms with Gasteiger partial charge in [-0.2, -0.15) is 4.31 Å². The molecule has 0 aromatic heterocycles. The molecular weight excluding hydrogens is 444 g/mol. The maximum atomic E-state index is 13.3. The summed E-state index contributed by atoms with van der Waals surface area (Å²) in [6.07, 6.45) is 1.17. The summed E-state index contributed by atoms with van der Waals surface area (Å²) in [6.45, 7) is 0.754. The third-order valence-electron chi connectivity index (χ3n) is 6.31. The number of thioether (sulfide) groups is 1. The summed E-state index contributed by atoms with van der Waals surface area (Å²) < 4.78 is 33.5. The Balaban J connectivity index is 1.38. The van der Waals surface area contributed by atoms with Gasteiger partial charge in [-0.15, -0.1) is 11.8 Å². The molecule has 0 saturated carbocycles. The van der Waals surface area contributed by atoms with E-state index in [1.807, 2.05) is 59.5 Å². The molecule has 0 unspecified atom stereocenters. The first kappa shape index (κ1) is 21.3. The number of nitrogens with zero attached hydrogens (tertiary/aromatic N) is 2. The van der Waals surface area contributed by atoms with Crippen molar-refractivity contribution in [1.29, 1.82) is 0 Å². The van der Waals surface area contributed by atoms with Crippen LogP contribution < -0.4 is 9.64 Å². The number of anilines is 1. The van der Waals surface area contributed by atoms with Crippen LogP contribution in [-0.4, -0.2) is 49.5 Å². The number of sulfonamides is 1. The van der Waals surface area contributed by atoms with Crippen LogP contribution in [0.1, 0.15) is 12.8 Å². The molecule has 2 aliphatic rings. The summed E-state index contributed by atoms with van der Waals surface area (Å²) in [4.78, 5) is 14.5. The van der Waals surface area contributed by atoms with Gasteiger partial charge >= 0.3 is 0 Å². The number of carbonyl (C=O) groups excluding carboxylic acids is 1. The molecule has 8 heteroatoms. The molecule has 3 aromatic rings. The molecule has 2 heterocycles. The van der Waals surface area contributed by atoms with Crippen molar-refractivity contribution >= 4 is 44.2 Å². The summed E-state index contributed by atoms with van der Waals surface area (Å²) in [5.74, 6) is 1.20. The molecule has 2 aliphatic heterocycles. The van der Waals surface area contributed by atoms with Gasteiger partial charge in [0.05, 0.1) is 22.6 Å². The summed E-state index contributed by atoms with van der Waals surface area (Å²) >= 11 is 1.62. The minimum atomic E-state index is -3.60. The SMILES string of the molecule is COc1ccc(N2C(=O)CSC23CCN(S(=O)(=O)c2ccc4ccccc4c2)CC3)cc1. The lowest BCUT2D eigenvalue weighted by molar-refractivity contribution is -0.116. The number of ether oxygens (including phenoxy) is 1. The Morgan fingerprint density at radius 1 is 0.938 bits per heavy atom. The minimum Gasteiger partial charge on any atom is -0.497 e. The number of benzene rings is 3. The highest BCUT2D eigenvalue weighted by Gasteiger charge is 2.50. The second-order valence-electron chi connectivity index (χ2n) is 8.08. The van der Waals surface area contributed by atoms with Crippen molar-refractivity contribution in [3.63, 3.8) is 0 Å². The van der Waals surface area contributed by atoms with Crippen LogP contribution in [0.3, 0.4) is 0 Å². The van der Waals surface area contributed by atoms with E-state index >= 15 is 0 Å². The molecule has 5 rings (SSSR count). The number of rotatable bonds is 4. The molecule has 0 atom stereocenters. The fraction of sp³-hybridized carbons (Fsp3) is 0.292. The van der Waals surface area contributed by atoms with Gasteiger partial charge in [0.1, 0.15) is 5.75 Å². The first-order chi connectivity index (χ1) is 15.4. The highest BCUT2D eigenvalue weighted by atomic mass is 32.2. The molecule has 3 aromatic carbocycles. The highest BCUT2D eigenvalue weighted by molar-refractivity contribution is 8.02. The van der Waals surface area contributed by atoms with Crippen molar-refractivity contribution in [3.05, 3.63) is 66.7 Å². The van der Waals surface area contributed by atoms with Crippen molar-refractivity contribution in [2.75, 3.05) is 30.9 Å². The van der Waals surface area contributed by atoms with E-state index in [2.05, 4.69) is 0 Å². The van der Waals surface area contributed by atoms with E-state index < -0.39 is 14.9 Å². The Hall–Kier alpha value is -2.55. The summed E-state index contributed by atoms with van der Waals surface area (Å²) in [5.41, 5.74) is 0.826. The zero-order valence-corrected chi connectivity index (χ0v) is 19.4. The largest absolute Gasteiger partial charge is 0.497 e. The van der Waals surface area contributed by atoms with Gasteiger partial charge in [0.15, 0.2) is 0 Å². The van der Waals surface area contributed by atoms with Gasteiger partial charge in [0.25, 0.3) is 0 Å². The Morgan fingerprint density at radius 3 is 2.31 bits per heavy atom. The van der Waals surface area contributed by atoms with Crippen LogP contribution in [0.25, 0.3) is 10.8 Å². The van der Waals surface area contributed by atoms with E-state index in [0.717, 1.165) is 22.2 Å². The third-order valence-corrected chi connectivity index (χ3v) is 9.73. The van der Waals surface area contributed by atoms with E-state index in [1.54, 1.807) is 35.3 Å². The smallest absolute Gasteiger partial charge is 0.243 e. The Bertz CT molecular complexity index is 1270. The van der Waals surface area contributed by atoms with E-state index in [1.165, 1.54) is 0 Å².